The van der Waals surface area contributed by atoms with E-state index in [9.17, 15) is 4.79 Å². The third kappa shape index (κ3) is 6.48. The Morgan fingerprint density at radius 2 is 1.72 bits per heavy atom. The molecule has 0 spiro atoms. The van der Waals surface area contributed by atoms with Crippen LogP contribution in [0.4, 0.5) is 5.69 Å². The number of pyridine rings is 1. The number of carbonyl (C=O) groups is 1. The maximum absolute atomic E-state index is 11.5. The Hall–Kier alpha value is -4.04. The molecular formula is C24H25N3O5. The number of methoxy groups -OCH3 is 2. The summed E-state index contributed by atoms with van der Waals surface area (Å²) in [5.41, 5.74) is 4.71. The van der Waals surface area contributed by atoms with E-state index in [4.69, 9.17) is 19.4 Å². The fourth-order valence-corrected chi connectivity index (χ4v) is 2.90. The quantitative estimate of drug-likeness (QED) is 0.329. The molecule has 8 heteroatoms. The summed E-state index contributed by atoms with van der Waals surface area (Å²) in [5.74, 6) is 1.32. The Morgan fingerprint density at radius 1 is 1.03 bits per heavy atom. The number of hydrogen-bond acceptors (Lipinski definition) is 7. The molecule has 3 N–H and O–H groups in total. The zero-order chi connectivity index (χ0) is 22.8. The topological polar surface area (TPSA) is 102 Å². The van der Waals surface area contributed by atoms with Gasteiger partial charge in [0.2, 0.25) is 0 Å². The highest BCUT2D eigenvalue weighted by molar-refractivity contribution is 5.93. The van der Waals surface area contributed by atoms with Gasteiger partial charge in [-0.25, -0.2) is 5.48 Å². The molecule has 1 heterocycles. The lowest BCUT2D eigenvalue weighted by Crippen LogP contribution is -2.18. The minimum atomic E-state index is -0.561. The summed E-state index contributed by atoms with van der Waals surface area (Å²) in [6.45, 7) is 0.828. The van der Waals surface area contributed by atoms with E-state index in [0.29, 0.717) is 36.0 Å². The molecule has 0 fully saturated rings. The predicted octanol–water partition coefficient (Wildman–Crippen LogP) is 3.79. The molecule has 0 atom stereocenters. The molecule has 166 valence electrons. The van der Waals surface area contributed by atoms with Gasteiger partial charge in [-0.1, -0.05) is 18.2 Å². The van der Waals surface area contributed by atoms with E-state index in [1.54, 1.807) is 74.6 Å². The zero-order valence-electron chi connectivity index (χ0n) is 17.9. The lowest BCUT2D eigenvalue weighted by Gasteiger charge is -2.14. The minimum absolute atomic E-state index is 0.308. The molecule has 1 aromatic heterocycles. The zero-order valence-corrected chi connectivity index (χ0v) is 17.9. The summed E-state index contributed by atoms with van der Waals surface area (Å²) in [6, 6.07) is 16.0. The highest BCUT2D eigenvalue weighted by Crippen LogP contribution is 2.27. The van der Waals surface area contributed by atoms with Crippen LogP contribution in [-0.4, -0.2) is 43.5 Å². The van der Waals surface area contributed by atoms with Crippen molar-refractivity contribution in [3.8, 4) is 17.2 Å². The molecule has 0 aliphatic rings. The number of hydrogen-bond donors (Lipinski definition) is 3. The maximum atomic E-state index is 11.5. The summed E-state index contributed by atoms with van der Waals surface area (Å²) < 4.78 is 16.6. The van der Waals surface area contributed by atoms with E-state index < -0.39 is 5.91 Å². The van der Waals surface area contributed by atoms with Crippen LogP contribution < -0.4 is 25.0 Å². The normalized spacial score (nSPS) is 10.9. The van der Waals surface area contributed by atoms with E-state index in [2.05, 4.69) is 10.3 Å². The summed E-state index contributed by atoms with van der Waals surface area (Å²) >= 11 is 0. The number of aromatic nitrogens is 1. The van der Waals surface area contributed by atoms with Gasteiger partial charge in [-0.2, -0.15) is 0 Å². The lowest BCUT2D eigenvalue weighted by atomic mass is 10.1. The van der Waals surface area contributed by atoms with E-state index in [1.807, 2.05) is 18.2 Å². The number of hydroxylamine groups is 1. The smallest absolute Gasteiger partial charge is 0.274 e. The second-order valence-electron chi connectivity index (χ2n) is 6.80. The van der Waals surface area contributed by atoms with E-state index in [0.717, 1.165) is 16.8 Å². The first-order chi connectivity index (χ1) is 15.6. The van der Waals surface area contributed by atoms with Crippen molar-refractivity contribution < 1.29 is 24.2 Å². The molecule has 0 saturated carbocycles. The maximum Gasteiger partial charge on any atom is 0.274 e. The molecule has 0 radical (unpaired) electrons. The Labute approximate surface area is 186 Å². The second kappa shape index (κ2) is 11.4. The summed E-state index contributed by atoms with van der Waals surface area (Å²) in [4.78, 5) is 15.7. The summed E-state index contributed by atoms with van der Waals surface area (Å²) in [5, 5.41) is 12.1. The number of anilines is 1. The first-order valence-corrected chi connectivity index (χ1v) is 9.85. The van der Waals surface area contributed by atoms with E-state index >= 15 is 0 Å². The average molecular weight is 435 g/mol. The van der Waals surface area contributed by atoms with Crippen LogP contribution in [-0.2, 0) is 0 Å². The van der Waals surface area contributed by atoms with Gasteiger partial charge in [0.15, 0.2) is 0 Å². The SMILES string of the molecule is COc1cc(OC)cc(OC/C(=C/c2ccc(C(=O)NO)cc2)CNc2cccnc2)c1. The Kier molecular flexibility index (Phi) is 8.05. The number of ether oxygens (including phenoxy) is 3. The summed E-state index contributed by atoms with van der Waals surface area (Å²) in [6.07, 6.45) is 5.43. The van der Waals surface area contributed by atoms with Crippen LogP contribution in [0.3, 0.4) is 0 Å². The minimum Gasteiger partial charge on any atom is -0.496 e. The number of rotatable bonds is 10. The number of benzene rings is 2. The van der Waals surface area contributed by atoms with E-state index in [-0.39, 0.29) is 0 Å². The molecule has 0 bridgehead atoms. The van der Waals surface area contributed by atoms with Crippen LogP contribution in [0.25, 0.3) is 6.08 Å². The molecule has 0 unspecified atom stereocenters. The largest absolute Gasteiger partial charge is 0.496 e. The van der Waals surface area contributed by atoms with Crippen LogP contribution in [0.1, 0.15) is 15.9 Å². The predicted molar refractivity (Wildman–Crippen MR) is 121 cm³/mol. The lowest BCUT2D eigenvalue weighted by molar-refractivity contribution is 0.0706. The third-order valence-electron chi connectivity index (χ3n) is 4.58. The van der Waals surface area contributed by atoms with Gasteiger partial charge in [0.25, 0.3) is 5.91 Å². The molecule has 0 aliphatic carbocycles. The Balaban J connectivity index is 1.78. The molecule has 1 amide bonds. The van der Waals surface area contributed by atoms with Gasteiger partial charge in [-0.05, 0) is 35.4 Å². The van der Waals surface area contributed by atoms with Gasteiger partial charge >= 0.3 is 0 Å². The van der Waals surface area contributed by atoms with Crippen LogP contribution in [0, 0.1) is 0 Å². The average Bonchev–Trinajstić information content (AvgIpc) is 2.85. The molecule has 3 rings (SSSR count). The number of carbonyl (C=O) groups excluding carboxylic acids is 1. The van der Waals surface area contributed by atoms with Crippen LogP contribution in [0.2, 0.25) is 0 Å². The number of nitrogens with one attached hydrogen (secondary N) is 2. The van der Waals surface area contributed by atoms with Crippen molar-refractivity contribution in [1.29, 1.82) is 0 Å². The third-order valence-corrected chi connectivity index (χ3v) is 4.58. The summed E-state index contributed by atoms with van der Waals surface area (Å²) in [7, 11) is 3.17. The van der Waals surface area contributed by atoms with Crippen LogP contribution >= 0.6 is 0 Å². The molecular weight excluding hydrogens is 410 g/mol. The van der Waals surface area contributed by atoms with Crippen molar-refractivity contribution in [2.75, 3.05) is 32.7 Å². The highest BCUT2D eigenvalue weighted by Gasteiger charge is 2.07. The van der Waals surface area contributed by atoms with Gasteiger partial charge in [0, 0.05) is 42.7 Å². The molecule has 32 heavy (non-hydrogen) atoms. The molecule has 2 aromatic carbocycles. The van der Waals surface area contributed by atoms with Crippen molar-refractivity contribution in [2.45, 2.75) is 0 Å². The first-order valence-electron chi connectivity index (χ1n) is 9.85. The molecule has 8 nitrogen and oxygen atoms in total. The van der Waals surface area contributed by atoms with Gasteiger partial charge in [0.1, 0.15) is 23.9 Å². The van der Waals surface area contributed by atoms with Crippen molar-refractivity contribution >= 4 is 17.7 Å². The molecule has 3 aromatic rings. The Bertz CT molecular complexity index is 1030. The fraction of sp³-hybridized carbons (Fsp3) is 0.167. The number of amides is 1. The van der Waals surface area contributed by atoms with Crippen molar-refractivity contribution in [3.63, 3.8) is 0 Å². The van der Waals surface area contributed by atoms with Crippen molar-refractivity contribution in [1.82, 2.24) is 10.5 Å². The highest BCUT2D eigenvalue weighted by atomic mass is 16.5. The first kappa shape index (κ1) is 22.6. The van der Waals surface area contributed by atoms with Crippen molar-refractivity contribution in [3.05, 3.63) is 83.7 Å². The second-order valence-corrected chi connectivity index (χ2v) is 6.80. The van der Waals surface area contributed by atoms with Crippen LogP contribution in [0.5, 0.6) is 17.2 Å². The van der Waals surface area contributed by atoms with Gasteiger partial charge in [-0.3, -0.25) is 15.0 Å². The van der Waals surface area contributed by atoms with Crippen LogP contribution in [0.15, 0.2) is 72.6 Å². The Morgan fingerprint density at radius 3 is 2.31 bits per heavy atom. The fourth-order valence-electron chi connectivity index (χ4n) is 2.90. The van der Waals surface area contributed by atoms with Gasteiger partial charge in [-0.15, -0.1) is 0 Å². The van der Waals surface area contributed by atoms with Gasteiger partial charge in [0.05, 0.1) is 19.9 Å². The standard InChI is InChI=1S/C24H25N3O5/c1-30-21-11-22(31-2)13-23(12-21)32-16-18(14-26-20-4-3-9-25-15-20)10-17-5-7-19(8-6-17)24(28)27-29/h3-13,15,26,29H,14,16H2,1-2H3,(H,27,28)/b18-10+. The van der Waals surface area contributed by atoms with Crippen molar-refractivity contribution in [2.24, 2.45) is 0 Å². The number of nitrogens with zero attached hydrogens (tertiary/aromatic N) is 1. The monoisotopic (exact) mass is 435 g/mol. The van der Waals surface area contributed by atoms with Gasteiger partial charge < -0.3 is 19.5 Å². The molecule has 0 aliphatic heterocycles. The molecule has 0 saturated heterocycles. The van der Waals surface area contributed by atoms with E-state index in [1.165, 1.54) is 0 Å².